The maximum Gasteiger partial charge on any atom is 0.306 e. The topological polar surface area (TPSA) is 94.0 Å². The van der Waals surface area contributed by atoms with E-state index in [0.29, 0.717) is 51.5 Å². The smallest absolute Gasteiger partial charge is 0.306 e. The lowest BCUT2D eigenvalue weighted by atomic mass is 9.96. The average molecular weight is 470 g/mol. The third kappa shape index (κ3) is 6.45. The Bertz CT molecular complexity index is 934. The van der Waals surface area contributed by atoms with Crippen molar-refractivity contribution < 1.29 is 24.1 Å². The molecule has 8 heteroatoms. The van der Waals surface area contributed by atoms with Gasteiger partial charge in [-0.25, -0.2) is 4.98 Å². The summed E-state index contributed by atoms with van der Waals surface area (Å²) in [5, 5.41) is 9.40. The van der Waals surface area contributed by atoms with Crippen LogP contribution in [0.4, 0.5) is 5.82 Å². The summed E-state index contributed by atoms with van der Waals surface area (Å²) in [6.07, 6.45) is 6.25. The SMILES string of the molecule is COCC(COC)Cc1cnc(-c2ccc(OCC3CC3)cc2)c(N2CCC(C(=O)O)CC2)n1. The molecular weight excluding hydrogens is 434 g/mol. The predicted molar refractivity (Wildman–Crippen MR) is 129 cm³/mol. The van der Waals surface area contributed by atoms with Gasteiger partial charge in [0, 0.05) is 45.0 Å². The zero-order chi connectivity index (χ0) is 23.9. The van der Waals surface area contributed by atoms with Gasteiger partial charge in [0.2, 0.25) is 0 Å². The molecule has 0 amide bonds. The van der Waals surface area contributed by atoms with Crippen molar-refractivity contribution in [3.05, 3.63) is 36.2 Å². The van der Waals surface area contributed by atoms with Crippen molar-refractivity contribution in [3.63, 3.8) is 0 Å². The van der Waals surface area contributed by atoms with Gasteiger partial charge in [-0.1, -0.05) is 0 Å². The van der Waals surface area contributed by atoms with E-state index in [1.165, 1.54) is 12.8 Å². The summed E-state index contributed by atoms with van der Waals surface area (Å²) >= 11 is 0. The van der Waals surface area contributed by atoms with Crippen LogP contribution in [0, 0.1) is 17.8 Å². The van der Waals surface area contributed by atoms with E-state index >= 15 is 0 Å². The van der Waals surface area contributed by atoms with E-state index in [4.69, 9.17) is 24.2 Å². The summed E-state index contributed by atoms with van der Waals surface area (Å²) < 4.78 is 16.6. The molecule has 8 nitrogen and oxygen atoms in total. The first-order valence-electron chi connectivity index (χ1n) is 12.1. The number of hydrogen-bond acceptors (Lipinski definition) is 7. The maximum absolute atomic E-state index is 11.4. The highest BCUT2D eigenvalue weighted by molar-refractivity contribution is 5.74. The Kier molecular flexibility index (Phi) is 8.34. The largest absolute Gasteiger partial charge is 0.493 e. The maximum atomic E-state index is 11.4. The molecule has 0 spiro atoms. The summed E-state index contributed by atoms with van der Waals surface area (Å²) in [6, 6.07) is 8.03. The molecule has 0 radical (unpaired) electrons. The summed E-state index contributed by atoms with van der Waals surface area (Å²) in [6.45, 7) is 3.23. The summed E-state index contributed by atoms with van der Waals surface area (Å²) in [7, 11) is 3.38. The highest BCUT2D eigenvalue weighted by Crippen LogP contribution is 2.33. The number of aliphatic carboxylic acids is 1. The molecule has 2 aliphatic rings. The van der Waals surface area contributed by atoms with Crippen molar-refractivity contribution in [1.82, 2.24) is 9.97 Å². The minimum absolute atomic E-state index is 0.184. The van der Waals surface area contributed by atoms with E-state index in [-0.39, 0.29) is 11.8 Å². The number of benzene rings is 1. The normalized spacial score (nSPS) is 16.7. The Morgan fingerprint density at radius 2 is 1.76 bits per heavy atom. The van der Waals surface area contributed by atoms with Crippen LogP contribution in [0.5, 0.6) is 5.75 Å². The third-order valence-electron chi connectivity index (χ3n) is 6.56. The molecule has 0 unspecified atom stereocenters. The highest BCUT2D eigenvalue weighted by atomic mass is 16.5. The number of hydrogen-bond donors (Lipinski definition) is 1. The quantitative estimate of drug-likeness (QED) is 0.503. The van der Waals surface area contributed by atoms with Crippen LogP contribution in [-0.2, 0) is 20.7 Å². The number of carboxylic acids is 1. The first kappa shape index (κ1) is 24.4. The van der Waals surface area contributed by atoms with Crippen molar-refractivity contribution in [2.75, 3.05) is 52.0 Å². The molecule has 2 heterocycles. The zero-order valence-corrected chi connectivity index (χ0v) is 20.1. The molecule has 0 bridgehead atoms. The highest BCUT2D eigenvalue weighted by Gasteiger charge is 2.27. The van der Waals surface area contributed by atoms with E-state index in [1.807, 2.05) is 30.5 Å². The van der Waals surface area contributed by atoms with E-state index in [2.05, 4.69) is 4.90 Å². The summed E-state index contributed by atoms with van der Waals surface area (Å²) in [5.41, 5.74) is 2.66. The molecule has 1 saturated carbocycles. The molecule has 2 fully saturated rings. The number of anilines is 1. The van der Waals surface area contributed by atoms with Crippen LogP contribution in [0.15, 0.2) is 30.5 Å². The van der Waals surface area contributed by atoms with Gasteiger partial charge in [-0.15, -0.1) is 0 Å². The molecule has 2 aromatic rings. The Morgan fingerprint density at radius 3 is 2.35 bits per heavy atom. The number of ether oxygens (including phenoxy) is 3. The van der Waals surface area contributed by atoms with E-state index in [9.17, 15) is 9.90 Å². The first-order valence-corrected chi connectivity index (χ1v) is 12.1. The van der Waals surface area contributed by atoms with Gasteiger partial charge in [-0.3, -0.25) is 9.78 Å². The van der Waals surface area contributed by atoms with Crippen molar-refractivity contribution in [2.45, 2.75) is 32.1 Å². The van der Waals surface area contributed by atoms with Gasteiger partial charge >= 0.3 is 5.97 Å². The molecule has 1 N–H and O–H groups in total. The first-order chi connectivity index (χ1) is 16.6. The standard InChI is InChI=1S/C26H35N3O5/c1-32-15-19(16-33-2)13-22-14-27-24(20-5-7-23(8-6-20)34-17-18-3-4-18)25(28-22)29-11-9-21(10-12-29)26(30)31/h5-8,14,18-19,21H,3-4,9-13,15-17H2,1-2H3,(H,30,31). The molecule has 1 aliphatic carbocycles. The third-order valence-corrected chi connectivity index (χ3v) is 6.56. The summed E-state index contributed by atoms with van der Waals surface area (Å²) in [4.78, 5) is 23.4. The molecule has 4 rings (SSSR count). The summed E-state index contributed by atoms with van der Waals surface area (Å²) in [5.74, 6) is 1.55. The number of methoxy groups -OCH3 is 2. The van der Waals surface area contributed by atoms with Crippen molar-refractivity contribution >= 4 is 11.8 Å². The van der Waals surface area contributed by atoms with Gasteiger partial charge in [0.15, 0.2) is 5.82 Å². The Balaban J connectivity index is 1.57. The molecule has 184 valence electrons. The second kappa shape index (κ2) is 11.6. The minimum atomic E-state index is -0.719. The Labute approximate surface area is 201 Å². The van der Waals surface area contributed by atoms with Gasteiger partial charge in [0.05, 0.1) is 31.4 Å². The van der Waals surface area contributed by atoms with Crippen LogP contribution in [0.1, 0.15) is 31.4 Å². The van der Waals surface area contributed by atoms with E-state index in [0.717, 1.165) is 35.1 Å². The van der Waals surface area contributed by atoms with Crippen LogP contribution in [0.25, 0.3) is 11.3 Å². The number of rotatable bonds is 12. The van der Waals surface area contributed by atoms with Gasteiger partial charge in [0.1, 0.15) is 11.4 Å². The lowest BCUT2D eigenvalue weighted by Gasteiger charge is -2.32. The second-order valence-corrected chi connectivity index (χ2v) is 9.39. The van der Waals surface area contributed by atoms with Crippen molar-refractivity contribution in [2.24, 2.45) is 17.8 Å². The Morgan fingerprint density at radius 1 is 1.09 bits per heavy atom. The molecule has 0 atom stereocenters. The molecule has 34 heavy (non-hydrogen) atoms. The molecule has 1 aliphatic heterocycles. The van der Waals surface area contributed by atoms with Crippen LogP contribution in [0.2, 0.25) is 0 Å². The Hall–Kier alpha value is -2.71. The number of nitrogens with zero attached hydrogens (tertiary/aromatic N) is 3. The van der Waals surface area contributed by atoms with Gasteiger partial charge in [-0.2, -0.15) is 0 Å². The van der Waals surface area contributed by atoms with E-state index in [1.54, 1.807) is 14.2 Å². The van der Waals surface area contributed by atoms with Crippen molar-refractivity contribution in [1.29, 1.82) is 0 Å². The fourth-order valence-electron chi connectivity index (χ4n) is 4.42. The second-order valence-electron chi connectivity index (χ2n) is 9.39. The molecule has 1 aromatic heterocycles. The predicted octanol–water partition coefficient (Wildman–Crippen LogP) is 3.68. The lowest BCUT2D eigenvalue weighted by molar-refractivity contribution is -0.142. The van der Waals surface area contributed by atoms with E-state index < -0.39 is 5.97 Å². The lowest BCUT2D eigenvalue weighted by Crippen LogP contribution is -2.37. The molecular formula is C26H35N3O5. The van der Waals surface area contributed by atoms with Gasteiger partial charge in [-0.05, 0) is 62.3 Å². The zero-order valence-electron chi connectivity index (χ0n) is 20.1. The van der Waals surface area contributed by atoms with Crippen LogP contribution in [-0.4, -0.2) is 68.2 Å². The van der Waals surface area contributed by atoms with Crippen molar-refractivity contribution in [3.8, 4) is 17.0 Å². The fraction of sp³-hybridized carbons (Fsp3) is 0.577. The van der Waals surface area contributed by atoms with Gasteiger partial charge in [0.25, 0.3) is 0 Å². The molecule has 1 aromatic carbocycles. The molecule has 1 saturated heterocycles. The van der Waals surface area contributed by atoms with Crippen LogP contribution in [0.3, 0.4) is 0 Å². The fourth-order valence-corrected chi connectivity index (χ4v) is 4.42. The monoisotopic (exact) mass is 469 g/mol. The van der Waals surface area contributed by atoms with Crippen LogP contribution < -0.4 is 9.64 Å². The number of aromatic nitrogens is 2. The minimum Gasteiger partial charge on any atom is -0.493 e. The number of piperidine rings is 1. The average Bonchev–Trinajstić information content (AvgIpc) is 3.68. The number of carboxylic acid groups (broad SMARTS) is 1. The van der Waals surface area contributed by atoms with Gasteiger partial charge < -0.3 is 24.2 Å². The number of carbonyl (C=O) groups is 1. The van der Waals surface area contributed by atoms with Crippen LogP contribution >= 0.6 is 0 Å².